The summed E-state index contributed by atoms with van der Waals surface area (Å²) < 4.78 is 19.6. The number of carbonyl (C=O) groups is 3. The third kappa shape index (κ3) is 5.64. The molecular weight excluding hydrogens is 399 g/mol. The van der Waals surface area contributed by atoms with Gasteiger partial charge in [-0.25, -0.2) is 4.39 Å². The summed E-state index contributed by atoms with van der Waals surface area (Å²) in [5.41, 5.74) is 4.16. The van der Waals surface area contributed by atoms with Gasteiger partial charge in [0.25, 0.3) is 0 Å². The number of carbonyl (C=O) groups excluding carboxylic acids is 3. The molecule has 0 aliphatic carbocycles. The maximum Gasteiger partial charge on any atom is 0.219 e. The smallest absolute Gasteiger partial charge is 0.219 e. The lowest BCUT2D eigenvalue weighted by Gasteiger charge is -2.27. The molecule has 164 valence electrons. The number of furan rings is 1. The summed E-state index contributed by atoms with van der Waals surface area (Å²) >= 11 is 0. The van der Waals surface area contributed by atoms with E-state index in [0.717, 1.165) is 40.8 Å². The molecule has 0 saturated heterocycles. The van der Waals surface area contributed by atoms with E-state index in [9.17, 15) is 9.18 Å². The van der Waals surface area contributed by atoms with Crippen molar-refractivity contribution in [2.45, 2.75) is 25.8 Å². The second kappa shape index (κ2) is 11.2. The molecule has 1 unspecified atom stereocenters. The molecule has 1 aliphatic rings. The first-order valence-corrected chi connectivity index (χ1v) is 9.82. The molecule has 1 amide bonds. The van der Waals surface area contributed by atoms with E-state index in [0.29, 0.717) is 13.0 Å². The van der Waals surface area contributed by atoms with Crippen molar-refractivity contribution in [3.63, 3.8) is 0 Å². The van der Waals surface area contributed by atoms with Crippen LogP contribution in [0.2, 0.25) is 0 Å². The van der Waals surface area contributed by atoms with Crippen molar-refractivity contribution in [2.75, 3.05) is 20.1 Å². The normalized spacial score (nSPS) is 14.5. The van der Waals surface area contributed by atoms with Crippen LogP contribution in [0, 0.1) is 5.82 Å². The SMILES string of the molecule is C=O.C=O.CC(=O)N(C)CC1NCCc2c1oc1ccc(Cc3cccc(F)c3)cc21. The summed E-state index contributed by atoms with van der Waals surface area (Å²) in [5.74, 6) is 0.752. The third-order valence-corrected chi connectivity index (χ3v) is 5.26. The van der Waals surface area contributed by atoms with E-state index in [1.54, 1.807) is 31.0 Å². The molecule has 0 radical (unpaired) electrons. The number of hydrogen-bond acceptors (Lipinski definition) is 5. The zero-order valence-electron chi connectivity index (χ0n) is 17.8. The van der Waals surface area contributed by atoms with E-state index >= 15 is 0 Å². The summed E-state index contributed by atoms with van der Waals surface area (Å²) in [6.07, 6.45) is 1.58. The molecule has 3 aromatic rings. The summed E-state index contributed by atoms with van der Waals surface area (Å²) in [5, 5.41) is 4.57. The van der Waals surface area contributed by atoms with E-state index in [1.807, 2.05) is 31.8 Å². The molecule has 0 fully saturated rings. The van der Waals surface area contributed by atoms with Crippen LogP contribution in [-0.2, 0) is 27.2 Å². The Bertz CT molecular complexity index is 1030. The standard InChI is InChI=1S/C22H23FN2O2.2CH2O/c1-14(26)25(2)13-20-22-18(8-9-24-20)19-12-16(6-7-21(19)27-22)10-15-4-3-5-17(23)11-15;2*1-2/h3-7,11-12,20,24H,8-10,13H2,1-2H3;2*1H2. The quantitative estimate of drug-likeness (QED) is 0.691. The topological polar surface area (TPSA) is 79.6 Å². The van der Waals surface area contributed by atoms with Crippen LogP contribution in [0.3, 0.4) is 0 Å². The van der Waals surface area contributed by atoms with Crippen molar-refractivity contribution in [3.8, 4) is 0 Å². The number of benzene rings is 2. The largest absolute Gasteiger partial charge is 0.459 e. The molecule has 0 bridgehead atoms. The van der Waals surface area contributed by atoms with Crippen molar-refractivity contribution in [3.05, 3.63) is 70.7 Å². The minimum Gasteiger partial charge on any atom is -0.459 e. The second-order valence-corrected chi connectivity index (χ2v) is 7.24. The maximum absolute atomic E-state index is 13.5. The van der Waals surface area contributed by atoms with Crippen LogP contribution < -0.4 is 5.32 Å². The number of nitrogens with zero attached hydrogens (tertiary/aromatic N) is 1. The molecule has 1 atom stereocenters. The lowest BCUT2D eigenvalue weighted by Crippen LogP contribution is -2.38. The molecule has 1 aliphatic heterocycles. The highest BCUT2D eigenvalue weighted by molar-refractivity contribution is 5.83. The average molecular weight is 426 g/mol. The molecule has 31 heavy (non-hydrogen) atoms. The number of amides is 1. The fourth-order valence-electron chi connectivity index (χ4n) is 3.76. The van der Waals surface area contributed by atoms with Crippen LogP contribution in [-0.4, -0.2) is 44.5 Å². The highest BCUT2D eigenvalue weighted by atomic mass is 19.1. The van der Waals surface area contributed by atoms with Crippen LogP contribution in [0.4, 0.5) is 4.39 Å². The van der Waals surface area contributed by atoms with E-state index in [4.69, 9.17) is 14.0 Å². The van der Waals surface area contributed by atoms with Gasteiger partial charge in [0, 0.05) is 38.0 Å². The van der Waals surface area contributed by atoms with Gasteiger partial charge in [-0.3, -0.25) is 4.79 Å². The molecule has 4 rings (SSSR count). The Morgan fingerprint density at radius 3 is 2.55 bits per heavy atom. The zero-order chi connectivity index (χ0) is 23.0. The highest BCUT2D eigenvalue weighted by Crippen LogP contribution is 2.34. The molecule has 1 N–H and O–H groups in total. The van der Waals surface area contributed by atoms with Gasteiger partial charge in [0.2, 0.25) is 5.91 Å². The van der Waals surface area contributed by atoms with Crippen molar-refractivity contribution in [1.29, 1.82) is 0 Å². The first-order chi connectivity index (χ1) is 15.0. The average Bonchev–Trinajstić information content (AvgIpc) is 3.16. The molecule has 2 heterocycles. The van der Waals surface area contributed by atoms with E-state index < -0.39 is 0 Å². The molecule has 1 aromatic heterocycles. The highest BCUT2D eigenvalue weighted by Gasteiger charge is 2.27. The zero-order valence-corrected chi connectivity index (χ0v) is 17.8. The summed E-state index contributed by atoms with van der Waals surface area (Å²) in [6, 6.07) is 12.9. The van der Waals surface area contributed by atoms with Crippen molar-refractivity contribution < 1.29 is 23.2 Å². The van der Waals surface area contributed by atoms with Gasteiger partial charge < -0.3 is 24.2 Å². The predicted octanol–water partition coefficient (Wildman–Crippen LogP) is 3.46. The number of hydrogen-bond donors (Lipinski definition) is 1. The van der Waals surface area contributed by atoms with Gasteiger partial charge in [-0.1, -0.05) is 18.2 Å². The number of rotatable bonds is 4. The summed E-state index contributed by atoms with van der Waals surface area (Å²) in [4.78, 5) is 29.3. The summed E-state index contributed by atoms with van der Waals surface area (Å²) in [7, 11) is 1.80. The first-order valence-electron chi connectivity index (χ1n) is 9.82. The second-order valence-electron chi connectivity index (χ2n) is 7.24. The first kappa shape index (κ1) is 24.0. The molecule has 6 nitrogen and oxygen atoms in total. The maximum atomic E-state index is 13.5. The third-order valence-electron chi connectivity index (χ3n) is 5.26. The van der Waals surface area contributed by atoms with Gasteiger partial charge >= 0.3 is 0 Å². The Balaban J connectivity index is 0.000000807. The fourth-order valence-corrected chi connectivity index (χ4v) is 3.76. The molecule has 0 saturated carbocycles. The van der Waals surface area contributed by atoms with Crippen LogP contribution in [0.25, 0.3) is 11.0 Å². The molecule has 0 spiro atoms. The number of fused-ring (bicyclic) bond motifs is 3. The Kier molecular flexibility index (Phi) is 8.63. The lowest BCUT2D eigenvalue weighted by molar-refractivity contribution is -0.128. The van der Waals surface area contributed by atoms with Gasteiger partial charge in [0.05, 0.1) is 6.04 Å². The predicted molar refractivity (Wildman–Crippen MR) is 117 cm³/mol. The monoisotopic (exact) mass is 426 g/mol. The Hall–Kier alpha value is -3.32. The molecule has 2 aromatic carbocycles. The van der Waals surface area contributed by atoms with Gasteiger partial charge in [-0.05, 0) is 48.2 Å². The Morgan fingerprint density at radius 1 is 1.16 bits per heavy atom. The minimum atomic E-state index is -0.210. The summed E-state index contributed by atoms with van der Waals surface area (Å²) in [6.45, 7) is 7.01. The van der Waals surface area contributed by atoms with Crippen LogP contribution in [0.1, 0.15) is 35.4 Å². The van der Waals surface area contributed by atoms with Crippen LogP contribution >= 0.6 is 0 Å². The number of likely N-dealkylation sites (N-methyl/N-ethyl adjacent to an activating group) is 1. The van der Waals surface area contributed by atoms with E-state index in [2.05, 4.69) is 11.4 Å². The van der Waals surface area contributed by atoms with Gasteiger partial charge in [0.15, 0.2) is 0 Å². The van der Waals surface area contributed by atoms with E-state index in [-0.39, 0.29) is 17.8 Å². The fraction of sp³-hybridized carbons (Fsp3) is 0.292. The lowest BCUT2D eigenvalue weighted by atomic mass is 9.97. The molecular formula is C24H27FN2O4. The van der Waals surface area contributed by atoms with Crippen LogP contribution in [0.15, 0.2) is 46.9 Å². The number of halogens is 1. The van der Waals surface area contributed by atoms with Gasteiger partial charge in [-0.15, -0.1) is 0 Å². The molecule has 7 heteroatoms. The minimum absolute atomic E-state index is 0.00159. The van der Waals surface area contributed by atoms with Crippen molar-refractivity contribution in [2.24, 2.45) is 0 Å². The van der Waals surface area contributed by atoms with Crippen LogP contribution in [0.5, 0.6) is 0 Å². The van der Waals surface area contributed by atoms with Crippen molar-refractivity contribution >= 4 is 30.5 Å². The van der Waals surface area contributed by atoms with E-state index in [1.165, 1.54) is 11.6 Å². The Labute approximate surface area is 181 Å². The number of nitrogens with one attached hydrogen (secondary N) is 1. The van der Waals surface area contributed by atoms with Gasteiger partial charge in [0.1, 0.15) is 30.7 Å². The van der Waals surface area contributed by atoms with Crippen molar-refractivity contribution in [1.82, 2.24) is 10.2 Å². The van der Waals surface area contributed by atoms with Gasteiger partial charge in [-0.2, -0.15) is 0 Å². The Morgan fingerprint density at radius 2 is 1.87 bits per heavy atom.